The maximum absolute atomic E-state index is 11.5. The molecule has 0 aromatic heterocycles. The van der Waals surface area contributed by atoms with Crippen LogP contribution >= 0.6 is 23.2 Å². The molecule has 20 heavy (non-hydrogen) atoms. The van der Waals surface area contributed by atoms with Gasteiger partial charge in [0.1, 0.15) is 5.75 Å². The van der Waals surface area contributed by atoms with Gasteiger partial charge in [-0.1, -0.05) is 47.5 Å². The lowest BCUT2D eigenvalue weighted by atomic mass is 10.0. The first-order chi connectivity index (χ1) is 9.63. The minimum absolute atomic E-state index is 0.244. The molecule has 0 saturated heterocycles. The number of halogens is 2. The fourth-order valence-corrected chi connectivity index (χ4v) is 2.36. The Balaban J connectivity index is 2.45. The molecule has 0 aliphatic carbocycles. The average molecular weight is 311 g/mol. The molecule has 0 bridgehead atoms. The van der Waals surface area contributed by atoms with E-state index in [-0.39, 0.29) is 6.61 Å². The van der Waals surface area contributed by atoms with Crippen LogP contribution in [0.2, 0.25) is 10.0 Å². The molecule has 2 aromatic rings. The van der Waals surface area contributed by atoms with Crippen molar-refractivity contribution < 1.29 is 14.3 Å². The van der Waals surface area contributed by atoms with Crippen LogP contribution in [0.15, 0.2) is 42.5 Å². The fourth-order valence-electron chi connectivity index (χ4n) is 1.75. The number of carbonyl (C=O) groups is 1. The summed E-state index contributed by atoms with van der Waals surface area (Å²) in [5.74, 6) is 0.348. The number of benzene rings is 2. The predicted molar refractivity (Wildman–Crippen MR) is 79.5 cm³/mol. The van der Waals surface area contributed by atoms with Crippen molar-refractivity contribution in [1.29, 1.82) is 0 Å². The van der Waals surface area contributed by atoms with E-state index < -0.39 is 6.16 Å². The fraction of sp³-hybridized carbons (Fsp3) is 0.133. The minimum atomic E-state index is -0.761. The number of ether oxygens (including phenoxy) is 2. The molecule has 104 valence electrons. The number of rotatable bonds is 3. The molecule has 0 fully saturated rings. The van der Waals surface area contributed by atoms with E-state index in [0.29, 0.717) is 26.9 Å². The van der Waals surface area contributed by atoms with Crippen LogP contribution in [0.5, 0.6) is 5.75 Å². The third-order valence-electron chi connectivity index (χ3n) is 2.57. The zero-order chi connectivity index (χ0) is 14.5. The van der Waals surface area contributed by atoms with Crippen molar-refractivity contribution >= 4 is 29.4 Å². The van der Waals surface area contributed by atoms with E-state index in [2.05, 4.69) is 0 Å². The third-order valence-corrected chi connectivity index (χ3v) is 3.20. The van der Waals surface area contributed by atoms with Gasteiger partial charge in [0, 0.05) is 11.1 Å². The van der Waals surface area contributed by atoms with Gasteiger partial charge in [0.25, 0.3) is 0 Å². The lowest BCUT2D eigenvalue weighted by Gasteiger charge is -2.12. The molecule has 2 aromatic carbocycles. The van der Waals surface area contributed by atoms with Crippen LogP contribution in [0.1, 0.15) is 6.92 Å². The molecule has 0 radical (unpaired) electrons. The minimum Gasteiger partial charge on any atom is -0.434 e. The van der Waals surface area contributed by atoms with Crippen LogP contribution in [-0.4, -0.2) is 12.8 Å². The Hall–Kier alpha value is -1.71. The highest BCUT2D eigenvalue weighted by Crippen LogP contribution is 2.39. The highest BCUT2D eigenvalue weighted by molar-refractivity contribution is 6.39. The lowest BCUT2D eigenvalue weighted by molar-refractivity contribution is 0.104. The van der Waals surface area contributed by atoms with Crippen molar-refractivity contribution in [2.45, 2.75) is 6.92 Å². The van der Waals surface area contributed by atoms with Gasteiger partial charge in [-0.2, -0.15) is 0 Å². The van der Waals surface area contributed by atoms with Crippen LogP contribution in [0.25, 0.3) is 11.1 Å². The average Bonchev–Trinajstić information content (AvgIpc) is 2.40. The smallest absolute Gasteiger partial charge is 0.434 e. The molecule has 0 heterocycles. The monoisotopic (exact) mass is 310 g/mol. The van der Waals surface area contributed by atoms with Crippen LogP contribution in [-0.2, 0) is 4.74 Å². The van der Waals surface area contributed by atoms with E-state index in [0.717, 1.165) is 0 Å². The third kappa shape index (κ3) is 3.24. The summed E-state index contributed by atoms with van der Waals surface area (Å²) in [6.45, 7) is 1.95. The Morgan fingerprint density at radius 2 is 1.70 bits per heavy atom. The van der Waals surface area contributed by atoms with Gasteiger partial charge in [-0.3, -0.25) is 0 Å². The van der Waals surface area contributed by atoms with Gasteiger partial charge in [0.05, 0.1) is 16.7 Å². The summed E-state index contributed by atoms with van der Waals surface area (Å²) in [5.41, 5.74) is 1.26. The summed E-state index contributed by atoms with van der Waals surface area (Å²) >= 11 is 12.4. The first kappa shape index (κ1) is 14.7. The van der Waals surface area contributed by atoms with Gasteiger partial charge in [-0.15, -0.1) is 0 Å². The second-order valence-corrected chi connectivity index (χ2v) is 4.69. The van der Waals surface area contributed by atoms with Gasteiger partial charge < -0.3 is 9.47 Å². The highest BCUT2D eigenvalue weighted by atomic mass is 35.5. The topological polar surface area (TPSA) is 35.5 Å². The van der Waals surface area contributed by atoms with Crippen molar-refractivity contribution in [3.63, 3.8) is 0 Å². The summed E-state index contributed by atoms with van der Waals surface area (Å²) in [4.78, 5) is 11.5. The van der Waals surface area contributed by atoms with Crippen LogP contribution in [0, 0.1) is 0 Å². The molecular weight excluding hydrogens is 299 g/mol. The van der Waals surface area contributed by atoms with Crippen molar-refractivity contribution in [1.82, 2.24) is 0 Å². The lowest BCUT2D eigenvalue weighted by Crippen LogP contribution is -2.10. The molecule has 0 atom stereocenters. The number of carbonyl (C=O) groups excluding carboxylic acids is 1. The molecule has 0 amide bonds. The number of para-hydroxylation sites is 1. The molecule has 5 heteroatoms. The summed E-state index contributed by atoms with van der Waals surface area (Å²) in [6.07, 6.45) is -0.761. The largest absolute Gasteiger partial charge is 0.513 e. The molecule has 2 rings (SSSR count). The van der Waals surface area contributed by atoms with E-state index in [1.54, 1.807) is 43.3 Å². The summed E-state index contributed by atoms with van der Waals surface area (Å²) < 4.78 is 9.94. The SMILES string of the molecule is CCOC(=O)Oc1ccccc1-c1c(Cl)cccc1Cl. The van der Waals surface area contributed by atoms with Crippen LogP contribution < -0.4 is 4.74 Å². The highest BCUT2D eigenvalue weighted by Gasteiger charge is 2.15. The zero-order valence-electron chi connectivity index (χ0n) is 10.7. The van der Waals surface area contributed by atoms with E-state index in [4.69, 9.17) is 32.7 Å². The normalized spacial score (nSPS) is 10.2. The molecule has 0 N–H and O–H groups in total. The summed E-state index contributed by atoms with van der Waals surface area (Å²) in [6, 6.07) is 12.2. The molecule has 0 saturated carbocycles. The predicted octanol–water partition coefficient (Wildman–Crippen LogP) is 5.20. The van der Waals surface area contributed by atoms with Crippen LogP contribution in [0.4, 0.5) is 4.79 Å². The van der Waals surface area contributed by atoms with Gasteiger partial charge in [0.15, 0.2) is 0 Å². The Morgan fingerprint density at radius 3 is 2.35 bits per heavy atom. The summed E-state index contributed by atoms with van der Waals surface area (Å²) in [7, 11) is 0. The maximum atomic E-state index is 11.5. The van der Waals surface area contributed by atoms with Crippen LogP contribution in [0.3, 0.4) is 0 Å². The van der Waals surface area contributed by atoms with Crippen molar-refractivity contribution in [2.24, 2.45) is 0 Å². The van der Waals surface area contributed by atoms with Crippen molar-refractivity contribution in [2.75, 3.05) is 6.61 Å². The Bertz CT molecular complexity index is 606. The van der Waals surface area contributed by atoms with Gasteiger partial charge in [-0.05, 0) is 25.1 Å². The molecule has 3 nitrogen and oxygen atoms in total. The second-order valence-electron chi connectivity index (χ2n) is 3.88. The summed E-state index contributed by atoms with van der Waals surface area (Å²) in [5, 5.41) is 0.967. The van der Waals surface area contributed by atoms with E-state index >= 15 is 0 Å². The molecule has 0 unspecified atom stereocenters. The Kier molecular flexibility index (Phi) is 4.88. The number of hydrogen-bond donors (Lipinski definition) is 0. The van der Waals surface area contributed by atoms with Crippen molar-refractivity contribution in [3.8, 4) is 16.9 Å². The standard InChI is InChI=1S/C15H12Cl2O3/c1-2-19-15(18)20-13-9-4-3-6-10(13)14-11(16)7-5-8-12(14)17/h3-9H,2H2,1H3. The zero-order valence-corrected chi connectivity index (χ0v) is 12.2. The van der Waals surface area contributed by atoms with Crippen molar-refractivity contribution in [3.05, 3.63) is 52.5 Å². The number of hydrogen-bond acceptors (Lipinski definition) is 3. The van der Waals surface area contributed by atoms with E-state index in [1.807, 2.05) is 6.07 Å². The molecular formula is C15H12Cl2O3. The first-order valence-electron chi connectivity index (χ1n) is 6.01. The molecule has 0 spiro atoms. The Labute approximate surface area is 127 Å². The first-order valence-corrected chi connectivity index (χ1v) is 6.77. The van der Waals surface area contributed by atoms with E-state index in [1.165, 1.54) is 0 Å². The van der Waals surface area contributed by atoms with Gasteiger partial charge >= 0.3 is 6.16 Å². The second kappa shape index (κ2) is 6.64. The quantitative estimate of drug-likeness (QED) is 0.577. The van der Waals surface area contributed by atoms with Gasteiger partial charge in [-0.25, -0.2) is 4.79 Å². The van der Waals surface area contributed by atoms with E-state index in [9.17, 15) is 4.79 Å². The maximum Gasteiger partial charge on any atom is 0.513 e. The molecule has 0 aliphatic heterocycles. The Morgan fingerprint density at radius 1 is 1.05 bits per heavy atom. The molecule has 0 aliphatic rings. The van der Waals surface area contributed by atoms with Gasteiger partial charge in [0.2, 0.25) is 0 Å².